The molecule has 0 aliphatic carbocycles. The van der Waals surface area contributed by atoms with E-state index in [-0.39, 0.29) is 12.5 Å². The molecule has 0 radical (unpaired) electrons. The van der Waals surface area contributed by atoms with Gasteiger partial charge in [0.1, 0.15) is 6.04 Å². The SMILES string of the molecule is CC(=O)NC(CN1CC(C)Cc2ccccc21)C(=O)O. The van der Waals surface area contributed by atoms with Crippen molar-refractivity contribution in [3.63, 3.8) is 0 Å². The molecule has 1 aromatic carbocycles. The highest BCUT2D eigenvalue weighted by molar-refractivity contribution is 5.82. The summed E-state index contributed by atoms with van der Waals surface area (Å²) >= 11 is 0. The number of benzene rings is 1. The van der Waals surface area contributed by atoms with Crippen LogP contribution >= 0.6 is 0 Å². The van der Waals surface area contributed by atoms with Crippen molar-refractivity contribution in [3.05, 3.63) is 29.8 Å². The van der Waals surface area contributed by atoms with E-state index in [1.165, 1.54) is 12.5 Å². The Bertz CT molecular complexity index is 516. The summed E-state index contributed by atoms with van der Waals surface area (Å²) in [6, 6.07) is 7.15. The van der Waals surface area contributed by atoms with Gasteiger partial charge in [0.15, 0.2) is 0 Å². The van der Waals surface area contributed by atoms with Crippen molar-refractivity contribution in [2.75, 3.05) is 18.0 Å². The zero-order valence-electron chi connectivity index (χ0n) is 11.8. The average Bonchev–Trinajstić information content (AvgIpc) is 2.37. The van der Waals surface area contributed by atoms with Gasteiger partial charge in [-0.15, -0.1) is 0 Å². The van der Waals surface area contributed by atoms with E-state index in [1.807, 2.05) is 18.2 Å². The Balaban J connectivity index is 2.19. The second kappa shape index (κ2) is 5.94. The van der Waals surface area contributed by atoms with E-state index < -0.39 is 12.0 Å². The van der Waals surface area contributed by atoms with Crippen LogP contribution in [0.2, 0.25) is 0 Å². The minimum Gasteiger partial charge on any atom is -0.480 e. The number of carboxylic acids is 1. The van der Waals surface area contributed by atoms with Crippen molar-refractivity contribution in [2.24, 2.45) is 5.92 Å². The molecule has 1 aliphatic heterocycles. The number of carboxylic acid groups (broad SMARTS) is 1. The number of hydrogen-bond acceptors (Lipinski definition) is 3. The van der Waals surface area contributed by atoms with Crippen LogP contribution in [0.25, 0.3) is 0 Å². The van der Waals surface area contributed by atoms with Crippen molar-refractivity contribution in [1.29, 1.82) is 0 Å². The smallest absolute Gasteiger partial charge is 0.328 e. The number of amides is 1. The number of carbonyl (C=O) groups excluding carboxylic acids is 1. The lowest BCUT2D eigenvalue weighted by Crippen LogP contribution is -2.50. The standard InChI is InChI=1S/C15H20N2O3/c1-10-7-12-5-3-4-6-14(12)17(8-10)9-13(15(19)20)16-11(2)18/h3-6,10,13H,7-9H2,1-2H3,(H,16,18)(H,19,20). The molecule has 1 aliphatic rings. The molecular formula is C15H20N2O3. The lowest BCUT2D eigenvalue weighted by atomic mass is 9.93. The molecule has 1 heterocycles. The topological polar surface area (TPSA) is 69.6 Å². The van der Waals surface area contributed by atoms with Crippen LogP contribution in [0.4, 0.5) is 5.69 Å². The highest BCUT2D eigenvalue weighted by Crippen LogP contribution is 2.29. The molecule has 20 heavy (non-hydrogen) atoms. The van der Waals surface area contributed by atoms with Gasteiger partial charge >= 0.3 is 5.97 Å². The number of para-hydroxylation sites is 1. The van der Waals surface area contributed by atoms with Crippen molar-refractivity contribution in [3.8, 4) is 0 Å². The van der Waals surface area contributed by atoms with E-state index in [0.717, 1.165) is 18.7 Å². The lowest BCUT2D eigenvalue weighted by Gasteiger charge is -2.36. The molecule has 0 fully saturated rings. The van der Waals surface area contributed by atoms with Gasteiger partial charge < -0.3 is 15.3 Å². The maximum atomic E-state index is 11.3. The average molecular weight is 276 g/mol. The molecule has 1 aromatic rings. The molecule has 0 saturated carbocycles. The van der Waals surface area contributed by atoms with Crippen LogP contribution < -0.4 is 10.2 Å². The largest absolute Gasteiger partial charge is 0.480 e. The molecule has 2 unspecified atom stereocenters. The monoisotopic (exact) mass is 276 g/mol. The van der Waals surface area contributed by atoms with Crippen LogP contribution in [0.5, 0.6) is 0 Å². The molecule has 2 rings (SSSR count). The molecule has 2 atom stereocenters. The van der Waals surface area contributed by atoms with Gasteiger partial charge in [-0.1, -0.05) is 25.1 Å². The Morgan fingerprint density at radius 3 is 2.80 bits per heavy atom. The van der Waals surface area contributed by atoms with E-state index in [1.54, 1.807) is 0 Å². The van der Waals surface area contributed by atoms with Crippen LogP contribution in [0, 0.1) is 5.92 Å². The van der Waals surface area contributed by atoms with Gasteiger partial charge in [-0.3, -0.25) is 4.79 Å². The maximum absolute atomic E-state index is 11.3. The fourth-order valence-electron chi connectivity index (χ4n) is 2.73. The highest BCUT2D eigenvalue weighted by Gasteiger charge is 2.27. The van der Waals surface area contributed by atoms with Crippen molar-refractivity contribution in [1.82, 2.24) is 5.32 Å². The van der Waals surface area contributed by atoms with Crippen LogP contribution in [0.3, 0.4) is 0 Å². The van der Waals surface area contributed by atoms with E-state index in [9.17, 15) is 14.7 Å². The number of carbonyl (C=O) groups is 2. The van der Waals surface area contributed by atoms with Crippen LogP contribution in [-0.4, -0.2) is 36.1 Å². The molecule has 0 aromatic heterocycles. The van der Waals surface area contributed by atoms with E-state index >= 15 is 0 Å². The Kier molecular flexibility index (Phi) is 4.27. The van der Waals surface area contributed by atoms with Crippen molar-refractivity contribution < 1.29 is 14.7 Å². The van der Waals surface area contributed by atoms with E-state index in [4.69, 9.17) is 0 Å². The third-order valence-electron chi connectivity index (χ3n) is 3.51. The lowest BCUT2D eigenvalue weighted by molar-refractivity contribution is -0.141. The molecular weight excluding hydrogens is 256 g/mol. The summed E-state index contributed by atoms with van der Waals surface area (Å²) in [7, 11) is 0. The number of nitrogens with one attached hydrogen (secondary N) is 1. The Labute approximate surface area is 118 Å². The molecule has 0 saturated heterocycles. The highest BCUT2D eigenvalue weighted by atomic mass is 16.4. The van der Waals surface area contributed by atoms with Crippen molar-refractivity contribution in [2.45, 2.75) is 26.3 Å². The first kappa shape index (κ1) is 14.4. The summed E-state index contributed by atoms with van der Waals surface area (Å²) in [6.07, 6.45) is 1.00. The second-order valence-electron chi connectivity index (χ2n) is 5.43. The number of anilines is 1. The van der Waals surface area contributed by atoms with E-state index in [0.29, 0.717) is 5.92 Å². The summed E-state index contributed by atoms with van der Waals surface area (Å²) in [5, 5.41) is 11.7. The van der Waals surface area contributed by atoms with Crippen molar-refractivity contribution >= 4 is 17.6 Å². The Hall–Kier alpha value is -2.04. The first-order chi connectivity index (χ1) is 9.47. The number of hydrogen-bond donors (Lipinski definition) is 2. The summed E-state index contributed by atoms with van der Waals surface area (Å²) in [5.74, 6) is -0.858. The summed E-state index contributed by atoms with van der Waals surface area (Å²) < 4.78 is 0. The van der Waals surface area contributed by atoms with Gasteiger partial charge in [-0.05, 0) is 24.0 Å². The third-order valence-corrected chi connectivity index (χ3v) is 3.51. The Morgan fingerprint density at radius 2 is 2.15 bits per heavy atom. The molecule has 5 nitrogen and oxygen atoms in total. The summed E-state index contributed by atoms with van der Waals surface area (Å²) in [4.78, 5) is 24.4. The molecule has 0 bridgehead atoms. The third kappa shape index (κ3) is 3.29. The summed E-state index contributed by atoms with van der Waals surface area (Å²) in [6.45, 7) is 4.58. The number of nitrogens with zero attached hydrogens (tertiary/aromatic N) is 1. The molecule has 2 N–H and O–H groups in total. The summed E-state index contributed by atoms with van der Waals surface area (Å²) in [5.41, 5.74) is 2.31. The van der Waals surface area contributed by atoms with Crippen LogP contribution in [0.15, 0.2) is 24.3 Å². The van der Waals surface area contributed by atoms with E-state index in [2.05, 4.69) is 23.2 Å². The second-order valence-corrected chi connectivity index (χ2v) is 5.43. The van der Waals surface area contributed by atoms with Gasteiger partial charge in [0, 0.05) is 25.7 Å². The van der Waals surface area contributed by atoms with Crippen LogP contribution in [0.1, 0.15) is 19.4 Å². The van der Waals surface area contributed by atoms with Gasteiger partial charge in [-0.25, -0.2) is 4.79 Å². The maximum Gasteiger partial charge on any atom is 0.328 e. The fourth-order valence-corrected chi connectivity index (χ4v) is 2.73. The molecule has 1 amide bonds. The fraction of sp³-hybridized carbons (Fsp3) is 0.467. The minimum atomic E-state index is -1.00. The van der Waals surface area contributed by atoms with Gasteiger partial charge in [0.2, 0.25) is 5.91 Å². The normalized spacial score (nSPS) is 19.1. The predicted octanol–water partition coefficient (Wildman–Crippen LogP) is 1.27. The minimum absolute atomic E-state index is 0.288. The van der Waals surface area contributed by atoms with Gasteiger partial charge in [0.05, 0.1) is 0 Å². The van der Waals surface area contributed by atoms with Gasteiger partial charge in [0.25, 0.3) is 0 Å². The Morgan fingerprint density at radius 1 is 1.45 bits per heavy atom. The quantitative estimate of drug-likeness (QED) is 0.869. The molecule has 5 heteroatoms. The number of aliphatic carboxylic acids is 1. The predicted molar refractivity (Wildman–Crippen MR) is 76.8 cm³/mol. The number of fused-ring (bicyclic) bond motifs is 1. The number of rotatable bonds is 4. The zero-order chi connectivity index (χ0) is 14.7. The zero-order valence-corrected chi connectivity index (χ0v) is 11.8. The molecule has 0 spiro atoms. The van der Waals surface area contributed by atoms with Crippen LogP contribution in [-0.2, 0) is 16.0 Å². The van der Waals surface area contributed by atoms with Gasteiger partial charge in [-0.2, -0.15) is 0 Å². The first-order valence-electron chi connectivity index (χ1n) is 6.80. The molecule has 108 valence electrons. The first-order valence-corrected chi connectivity index (χ1v) is 6.80.